The predicted octanol–water partition coefficient (Wildman–Crippen LogP) is 1.96. The molecule has 1 aromatic carbocycles. The number of ether oxygens (including phenoxy) is 1. The van der Waals surface area contributed by atoms with Gasteiger partial charge in [-0.15, -0.1) is 0 Å². The summed E-state index contributed by atoms with van der Waals surface area (Å²) in [4.78, 5) is 15.7. The van der Waals surface area contributed by atoms with Gasteiger partial charge in [0.2, 0.25) is 5.13 Å². The van der Waals surface area contributed by atoms with Crippen LogP contribution in [0.2, 0.25) is 0 Å². The van der Waals surface area contributed by atoms with Crippen molar-refractivity contribution >= 4 is 34.0 Å². The lowest BCUT2D eigenvalue weighted by Crippen LogP contribution is -2.07. The molecule has 0 aliphatic rings. The molecular weight excluding hydrogens is 252 g/mol. The van der Waals surface area contributed by atoms with Crippen LogP contribution in [0.3, 0.4) is 0 Å². The summed E-state index contributed by atoms with van der Waals surface area (Å²) in [6, 6.07) is 5.09. The van der Waals surface area contributed by atoms with Gasteiger partial charge in [-0.3, -0.25) is 0 Å². The van der Waals surface area contributed by atoms with Crippen molar-refractivity contribution in [2.24, 2.45) is 0 Å². The first-order valence-corrected chi connectivity index (χ1v) is 5.93. The summed E-state index contributed by atoms with van der Waals surface area (Å²) in [5, 5.41) is 3.65. The number of para-hydroxylation sites is 1. The highest BCUT2D eigenvalue weighted by molar-refractivity contribution is 7.09. The van der Waals surface area contributed by atoms with E-state index in [9.17, 15) is 4.79 Å². The van der Waals surface area contributed by atoms with Gasteiger partial charge >= 0.3 is 5.97 Å². The molecule has 0 radical (unpaired) electrons. The van der Waals surface area contributed by atoms with Crippen molar-refractivity contribution in [2.45, 2.75) is 6.92 Å². The number of hydrogen-bond acceptors (Lipinski definition) is 7. The van der Waals surface area contributed by atoms with E-state index in [1.54, 1.807) is 25.1 Å². The van der Waals surface area contributed by atoms with E-state index >= 15 is 0 Å². The number of aromatic nitrogens is 2. The lowest BCUT2D eigenvalue weighted by Gasteiger charge is -2.09. The maximum Gasteiger partial charge on any atom is 0.340 e. The van der Waals surface area contributed by atoms with Crippen molar-refractivity contribution in [1.29, 1.82) is 0 Å². The molecule has 0 bridgehead atoms. The van der Waals surface area contributed by atoms with E-state index in [0.717, 1.165) is 0 Å². The molecule has 1 aromatic heterocycles. The van der Waals surface area contributed by atoms with Crippen molar-refractivity contribution in [3.63, 3.8) is 0 Å². The Morgan fingerprint density at radius 1 is 1.50 bits per heavy atom. The van der Waals surface area contributed by atoms with Crippen molar-refractivity contribution in [3.05, 3.63) is 29.6 Å². The fourth-order valence-corrected chi connectivity index (χ4v) is 2.01. The molecule has 0 aliphatic carbocycles. The molecule has 2 rings (SSSR count). The molecule has 0 saturated carbocycles. The quantitative estimate of drug-likeness (QED) is 0.650. The minimum Gasteiger partial charge on any atom is -0.465 e. The number of carbonyl (C=O) groups is 1. The van der Waals surface area contributed by atoms with Crippen LogP contribution in [0.4, 0.5) is 16.5 Å². The summed E-state index contributed by atoms with van der Waals surface area (Å²) in [5.74, 6) is 0.217. The van der Waals surface area contributed by atoms with E-state index in [1.165, 1.54) is 18.6 Å². The number of rotatable bonds is 3. The highest BCUT2D eigenvalue weighted by Gasteiger charge is 2.13. The van der Waals surface area contributed by atoms with Crippen LogP contribution < -0.4 is 11.1 Å². The fraction of sp³-hybridized carbons (Fsp3) is 0.182. The first-order valence-electron chi connectivity index (χ1n) is 5.16. The molecule has 0 unspecified atom stereocenters. The molecule has 0 atom stereocenters. The average molecular weight is 264 g/mol. The van der Waals surface area contributed by atoms with Crippen LogP contribution in [0.15, 0.2) is 18.2 Å². The van der Waals surface area contributed by atoms with E-state index in [0.29, 0.717) is 27.9 Å². The summed E-state index contributed by atoms with van der Waals surface area (Å²) >= 11 is 1.23. The Morgan fingerprint density at radius 3 is 2.89 bits per heavy atom. The SMILES string of the molecule is COC(=O)c1cccc(Nc2nc(C)ns2)c1N. The smallest absolute Gasteiger partial charge is 0.340 e. The minimum absolute atomic E-state index is 0.323. The van der Waals surface area contributed by atoms with Gasteiger partial charge in [0.15, 0.2) is 0 Å². The molecule has 0 saturated heterocycles. The number of aryl methyl sites for hydroxylation is 1. The molecule has 0 spiro atoms. The number of benzene rings is 1. The number of methoxy groups -OCH3 is 1. The van der Waals surface area contributed by atoms with E-state index in [4.69, 9.17) is 5.73 Å². The molecule has 0 aliphatic heterocycles. The van der Waals surface area contributed by atoms with Crippen LogP contribution in [0, 0.1) is 6.92 Å². The van der Waals surface area contributed by atoms with Crippen molar-refractivity contribution in [3.8, 4) is 0 Å². The number of nitrogens with zero attached hydrogens (tertiary/aromatic N) is 2. The largest absolute Gasteiger partial charge is 0.465 e. The van der Waals surface area contributed by atoms with Crippen molar-refractivity contribution in [2.75, 3.05) is 18.2 Å². The van der Waals surface area contributed by atoms with E-state index < -0.39 is 5.97 Å². The first kappa shape index (κ1) is 12.3. The third-order valence-corrected chi connectivity index (χ3v) is 3.00. The third kappa shape index (κ3) is 2.40. The topological polar surface area (TPSA) is 90.1 Å². The summed E-state index contributed by atoms with van der Waals surface area (Å²) in [6.45, 7) is 1.80. The van der Waals surface area contributed by atoms with Crippen LogP contribution in [-0.4, -0.2) is 22.4 Å². The van der Waals surface area contributed by atoms with Gasteiger partial charge in [-0.2, -0.15) is 4.37 Å². The second kappa shape index (κ2) is 5.01. The minimum atomic E-state index is -0.468. The number of hydrogen-bond donors (Lipinski definition) is 2. The maximum atomic E-state index is 11.5. The maximum absolute atomic E-state index is 11.5. The van der Waals surface area contributed by atoms with Gasteiger partial charge in [-0.25, -0.2) is 9.78 Å². The summed E-state index contributed by atoms with van der Waals surface area (Å²) < 4.78 is 8.71. The second-order valence-corrected chi connectivity index (χ2v) is 4.28. The number of nitrogens with one attached hydrogen (secondary N) is 1. The van der Waals surface area contributed by atoms with Crippen LogP contribution in [0.5, 0.6) is 0 Å². The number of nitrogens with two attached hydrogens (primary N) is 1. The lowest BCUT2D eigenvalue weighted by atomic mass is 10.1. The number of esters is 1. The normalized spacial score (nSPS) is 10.1. The molecule has 3 N–H and O–H groups in total. The van der Waals surface area contributed by atoms with Crippen LogP contribution in [0.25, 0.3) is 0 Å². The Kier molecular flexibility index (Phi) is 3.42. The standard InChI is InChI=1S/C11H12N4O2S/c1-6-13-11(18-15-6)14-8-5-3-4-7(9(8)12)10(16)17-2/h3-5H,12H2,1-2H3,(H,13,14,15). The molecule has 94 valence electrons. The Balaban J connectivity index is 2.31. The average Bonchev–Trinajstić information content (AvgIpc) is 2.76. The fourth-order valence-electron chi connectivity index (χ4n) is 1.43. The van der Waals surface area contributed by atoms with Crippen LogP contribution in [0.1, 0.15) is 16.2 Å². The van der Waals surface area contributed by atoms with E-state index in [2.05, 4.69) is 19.4 Å². The van der Waals surface area contributed by atoms with E-state index in [1.807, 2.05) is 0 Å². The van der Waals surface area contributed by atoms with Gasteiger partial charge in [0, 0.05) is 11.5 Å². The molecule has 1 heterocycles. The highest BCUT2D eigenvalue weighted by atomic mass is 32.1. The summed E-state index contributed by atoms with van der Waals surface area (Å²) in [6.07, 6.45) is 0. The van der Waals surface area contributed by atoms with Gasteiger partial charge in [0.1, 0.15) is 5.82 Å². The van der Waals surface area contributed by atoms with Crippen molar-refractivity contribution < 1.29 is 9.53 Å². The zero-order valence-corrected chi connectivity index (χ0v) is 10.7. The van der Waals surface area contributed by atoms with Gasteiger partial charge in [0.25, 0.3) is 0 Å². The van der Waals surface area contributed by atoms with Gasteiger partial charge in [0.05, 0.1) is 24.0 Å². The number of nitrogen functional groups attached to an aromatic ring is 1. The molecular formula is C11H12N4O2S. The van der Waals surface area contributed by atoms with E-state index in [-0.39, 0.29) is 0 Å². The molecule has 6 nitrogen and oxygen atoms in total. The zero-order chi connectivity index (χ0) is 13.1. The molecule has 0 fully saturated rings. The third-order valence-electron chi connectivity index (χ3n) is 2.28. The first-order chi connectivity index (χ1) is 8.61. The van der Waals surface area contributed by atoms with Gasteiger partial charge in [-0.05, 0) is 19.1 Å². The van der Waals surface area contributed by atoms with Crippen LogP contribution >= 0.6 is 11.5 Å². The molecule has 0 amide bonds. The molecule has 18 heavy (non-hydrogen) atoms. The lowest BCUT2D eigenvalue weighted by molar-refractivity contribution is 0.0602. The monoisotopic (exact) mass is 264 g/mol. The summed E-state index contributed by atoms with van der Waals surface area (Å²) in [5.41, 5.74) is 7.17. The molecule has 2 aromatic rings. The Morgan fingerprint density at radius 2 is 2.28 bits per heavy atom. The van der Waals surface area contributed by atoms with Crippen molar-refractivity contribution in [1.82, 2.24) is 9.36 Å². The second-order valence-electron chi connectivity index (χ2n) is 3.53. The molecule has 7 heteroatoms. The predicted molar refractivity (Wildman–Crippen MR) is 70.1 cm³/mol. The van der Waals surface area contributed by atoms with Crippen LogP contribution in [-0.2, 0) is 4.74 Å². The highest BCUT2D eigenvalue weighted by Crippen LogP contribution is 2.27. The Hall–Kier alpha value is -2.15. The Bertz CT molecular complexity index is 582. The zero-order valence-electron chi connectivity index (χ0n) is 9.93. The van der Waals surface area contributed by atoms with Gasteiger partial charge in [-0.1, -0.05) is 6.07 Å². The summed E-state index contributed by atoms with van der Waals surface area (Å²) in [7, 11) is 1.32. The number of carbonyl (C=O) groups excluding carboxylic acids is 1. The Labute approximate surface area is 108 Å². The van der Waals surface area contributed by atoms with Gasteiger partial charge < -0.3 is 15.8 Å². The number of anilines is 3.